The molecule has 0 fully saturated rings. The molecular formula is C24H50O4S. The van der Waals surface area contributed by atoms with E-state index in [0.29, 0.717) is 12.8 Å². The van der Waals surface area contributed by atoms with Gasteiger partial charge in [-0.1, -0.05) is 117 Å². The molecule has 0 aliphatic rings. The Hall–Kier alpha value is -0.130. The third-order valence-electron chi connectivity index (χ3n) is 6.01. The lowest BCUT2D eigenvalue weighted by atomic mass is 10.0. The fraction of sp³-hybridized carbons (Fsp3) is 1.00. The van der Waals surface area contributed by atoms with Crippen molar-refractivity contribution in [2.75, 3.05) is 0 Å². The standard InChI is InChI=1S/C24H50O4S/c1-3-5-7-8-9-10-11-12-13-16-19-23(25)20-17-14-15-18-22-24(21-6-4-2)29(26,27)28/h23-25H,3-22H2,1-2H3,(H,26,27,28). The van der Waals surface area contributed by atoms with Gasteiger partial charge in [-0.25, -0.2) is 0 Å². The molecular weight excluding hydrogens is 384 g/mol. The first-order valence-corrected chi connectivity index (χ1v) is 14.1. The van der Waals surface area contributed by atoms with Gasteiger partial charge in [0.2, 0.25) is 0 Å². The molecule has 5 heteroatoms. The lowest BCUT2D eigenvalue weighted by Crippen LogP contribution is -2.20. The minimum Gasteiger partial charge on any atom is -0.393 e. The number of rotatable bonds is 22. The summed E-state index contributed by atoms with van der Waals surface area (Å²) in [5.41, 5.74) is 0. The molecule has 176 valence electrons. The average molecular weight is 435 g/mol. The fourth-order valence-corrected chi connectivity index (χ4v) is 4.92. The number of aliphatic hydroxyl groups is 1. The topological polar surface area (TPSA) is 74.6 Å². The van der Waals surface area contributed by atoms with Crippen LogP contribution in [-0.2, 0) is 10.1 Å². The second kappa shape index (κ2) is 19.8. The molecule has 0 aromatic rings. The van der Waals surface area contributed by atoms with Crippen molar-refractivity contribution in [2.24, 2.45) is 0 Å². The minimum atomic E-state index is -3.91. The summed E-state index contributed by atoms with van der Waals surface area (Å²) in [7, 11) is -3.91. The van der Waals surface area contributed by atoms with E-state index < -0.39 is 15.4 Å². The molecule has 2 N–H and O–H groups in total. The SMILES string of the molecule is CCCCCCCCCCCCC(O)CCCCCCC(CCCC)S(=O)(=O)O. The van der Waals surface area contributed by atoms with Gasteiger partial charge >= 0.3 is 0 Å². The zero-order valence-corrected chi connectivity index (χ0v) is 20.2. The first-order chi connectivity index (χ1) is 13.9. The Kier molecular flexibility index (Phi) is 19.7. The molecule has 29 heavy (non-hydrogen) atoms. The van der Waals surface area contributed by atoms with Gasteiger partial charge in [-0.05, 0) is 25.7 Å². The molecule has 0 rings (SSSR count). The molecule has 0 heterocycles. The van der Waals surface area contributed by atoms with E-state index in [1.807, 2.05) is 6.92 Å². The van der Waals surface area contributed by atoms with Gasteiger partial charge < -0.3 is 5.11 Å². The molecule has 0 bridgehead atoms. The highest BCUT2D eigenvalue weighted by Gasteiger charge is 2.21. The van der Waals surface area contributed by atoms with E-state index in [4.69, 9.17) is 0 Å². The number of hydrogen-bond donors (Lipinski definition) is 2. The maximum atomic E-state index is 11.4. The largest absolute Gasteiger partial charge is 0.393 e. The summed E-state index contributed by atoms with van der Waals surface area (Å²) >= 11 is 0. The number of aliphatic hydroxyl groups excluding tert-OH is 1. The van der Waals surface area contributed by atoms with Gasteiger partial charge in [-0.3, -0.25) is 4.55 Å². The van der Waals surface area contributed by atoms with E-state index in [-0.39, 0.29) is 6.10 Å². The monoisotopic (exact) mass is 434 g/mol. The van der Waals surface area contributed by atoms with Gasteiger partial charge in [0.15, 0.2) is 0 Å². The smallest absolute Gasteiger partial charge is 0.267 e. The Labute approximate surface area is 182 Å². The maximum absolute atomic E-state index is 11.4. The van der Waals surface area contributed by atoms with Crippen LogP contribution < -0.4 is 0 Å². The van der Waals surface area contributed by atoms with Crippen LogP contribution in [0, 0.1) is 0 Å². The van der Waals surface area contributed by atoms with E-state index in [1.54, 1.807) is 0 Å². The van der Waals surface area contributed by atoms with Gasteiger partial charge in [0, 0.05) is 0 Å². The van der Waals surface area contributed by atoms with Gasteiger partial charge in [-0.2, -0.15) is 8.42 Å². The van der Waals surface area contributed by atoms with Gasteiger partial charge in [-0.15, -0.1) is 0 Å². The summed E-state index contributed by atoms with van der Waals surface area (Å²) in [6, 6.07) is 0. The Bertz CT molecular complexity index is 436. The molecule has 0 aromatic carbocycles. The zero-order chi connectivity index (χ0) is 21.8. The van der Waals surface area contributed by atoms with Crippen LogP contribution in [0.15, 0.2) is 0 Å². The Morgan fingerprint density at radius 3 is 1.31 bits per heavy atom. The van der Waals surface area contributed by atoms with Gasteiger partial charge in [0.1, 0.15) is 0 Å². The predicted octanol–water partition coefficient (Wildman–Crippen LogP) is 7.45. The van der Waals surface area contributed by atoms with E-state index in [2.05, 4.69) is 6.92 Å². The summed E-state index contributed by atoms with van der Waals surface area (Å²) in [4.78, 5) is 0. The van der Waals surface area contributed by atoms with Crippen LogP contribution in [0.1, 0.15) is 142 Å². The molecule has 2 unspecified atom stereocenters. The normalized spacial score (nSPS) is 14.2. The molecule has 0 amide bonds. The van der Waals surface area contributed by atoms with Crippen molar-refractivity contribution in [1.29, 1.82) is 0 Å². The highest BCUT2D eigenvalue weighted by Crippen LogP contribution is 2.18. The van der Waals surface area contributed by atoms with Crippen LogP contribution in [0.3, 0.4) is 0 Å². The highest BCUT2D eigenvalue weighted by molar-refractivity contribution is 7.86. The van der Waals surface area contributed by atoms with Crippen LogP contribution in [0.2, 0.25) is 0 Å². The summed E-state index contributed by atoms with van der Waals surface area (Å²) < 4.78 is 32.1. The summed E-state index contributed by atoms with van der Waals surface area (Å²) in [5, 5.41) is 9.52. The predicted molar refractivity (Wildman–Crippen MR) is 125 cm³/mol. The molecule has 0 saturated heterocycles. The minimum absolute atomic E-state index is 0.181. The quantitative estimate of drug-likeness (QED) is 0.137. The Balaban J connectivity index is 3.50. The van der Waals surface area contributed by atoms with Gasteiger partial charge in [0.05, 0.1) is 11.4 Å². The van der Waals surface area contributed by atoms with Crippen molar-refractivity contribution < 1.29 is 18.1 Å². The summed E-state index contributed by atoms with van der Waals surface area (Å²) in [6.07, 6.45) is 21.6. The zero-order valence-electron chi connectivity index (χ0n) is 19.4. The van der Waals surface area contributed by atoms with Crippen LogP contribution in [0.5, 0.6) is 0 Å². The lowest BCUT2D eigenvalue weighted by molar-refractivity contribution is 0.147. The van der Waals surface area contributed by atoms with Crippen molar-refractivity contribution >= 4 is 10.1 Å². The first-order valence-electron chi connectivity index (χ1n) is 12.6. The van der Waals surface area contributed by atoms with Gasteiger partial charge in [0.25, 0.3) is 10.1 Å². The third kappa shape index (κ3) is 19.6. The molecule has 4 nitrogen and oxygen atoms in total. The van der Waals surface area contributed by atoms with Crippen LogP contribution in [0.4, 0.5) is 0 Å². The second-order valence-corrected chi connectivity index (χ2v) is 10.6. The van der Waals surface area contributed by atoms with Crippen molar-refractivity contribution in [3.8, 4) is 0 Å². The van der Waals surface area contributed by atoms with Crippen molar-refractivity contribution in [3.05, 3.63) is 0 Å². The van der Waals surface area contributed by atoms with Crippen molar-refractivity contribution in [1.82, 2.24) is 0 Å². The van der Waals surface area contributed by atoms with Crippen LogP contribution >= 0.6 is 0 Å². The number of unbranched alkanes of at least 4 members (excludes halogenated alkanes) is 13. The molecule has 0 radical (unpaired) electrons. The van der Waals surface area contributed by atoms with Crippen molar-refractivity contribution in [2.45, 2.75) is 154 Å². The van der Waals surface area contributed by atoms with E-state index in [0.717, 1.165) is 57.8 Å². The molecule has 0 spiro atoms. The van der Waals surface area contributed by atoms with E-state index in [1.165, 1.54) is 57.8 Å². The first kappa shape index (κ1) is 28.9. The van der Waals surface area contributed by atoms with Crippen LogP contribution in [-0.4, -0.2) is 29.4 Å². The summed E-state index contributed by atoms with van der Waals surface area (Å²) in [5.74, 6) is 0. The molecule has 0 aliphatic heterocycles. The highest BCUT2D eigenvalue weighted by atomic mass is 32.2. The molecule has 0 aromatic heterocycles. The second-order valence-electron chi connectivity index (χ2n) is 8.90. The maximum Gasteiger partial charge on any atom is 0.267 e. The molecule has 0 aliphatic carbocycles. The summed E-state index contributed by atoms with van der Waals surface area (Å²) in [6.45, 7) is 4.29. The Morgan fingerprint density at radius 1 is 0.552 bits per heavy atom. The van der Waals surface area contributed by atoms with E-state index in [9.17, 15) is 18.1 Å². The number of hydrogen-bond acceptors (Lipinski definition) is 3. The molecule has 2 atom stereocenters. The van der Waals surface area contributed by atoms with E-state index >= 15 is 0 Å². The Morgan fingerprint density at radius 2 is 0.897 bits per heavy atom. The fourth-order valence-electron chi connectivity index (χ4n) is 3.99. The molecule has 0 saturated carbocycles. The third-order valence-corrected chi connectivity index (χ3v) is 7.32. The van der Waals surface area contributed by atoms with Crippen LogP contribution in [0.25, 0.3) is 0 Å². The lowest BCUT2D eigenvalue weighted by Gasteiger charge is -2.13. The average Bonchev–Trinajstić information content (AvgIpc) is 2.67. The van der Waals surface area contributed by atoms with Crippen molar-refractivity contribution in [3.63, 3.8) is 0 Å².